The van der Waals surface area contributed by atoms with Crippen molar-refractivity contribution in [3.63, 3.8) is 0 Å². The third-order valence-electron chi connectivity index (χ3n) is 3.33. The minimum Gasteiger partial charge on any atom is -0.368 e. The topological polar surface area (TPSA) is 138 Å². The number of aliphatic imine (C=N–C) groups is 1. The molecule has 0 aliphatic heterocycles. The molecule has 0 aliphatic rings. The van der Waals surface area contributed by atoms with Gasteiger partial charge in [0.25, 0.3) is 5.91 Å². The molecule has 0 unspecified atom stereocenters. The highest BCUT2D eigenvalue weighted by atomic mass is 16.2. The molecule has 0 bridgehead atoms. The maximum atomic E-state index is 11.9. The quantitative estimate of drug-likeness (QED) is 0.311. The summed E-state index contributed by atoms with van der Waals surface area (Å²) in [7, 11) is 0. The Hall–Kier alpha value is -3.10. The van der Waals surface area contributed by atoms with Crippen molar-refractivity contribution in [3.05, 3.63) is 35.4 Å². The second-order valence-electron chi connectivity index (χ2n) is 7.19. The number of primary amides is 1. The van der Waals surface area contributed by atoms with Gasteiger partial charge in [-0.25, -0.2) is 4.99 Å². The molecule has 0 heterocycles. The van der Waals surface area contributed by atoms with E-state index in [1.54, 1.807) is 24.3 Å². The van der Waals surface area contributed by atoms with Gasteiger partial charge in [-0.3, -0.25) is 14.4 Å². The van der Waals surface area contributed by atoms with E-state index in [2.05, 4.69) is 26.3 Å². The highest BCUT2D eigenvalue weighted by molar-refractivity contribution is 5.96. The van der Waals surface area contributed by atoms with Gasteiger partial charge in [0.1, 0.15) is 0 Å². The third kappa shape index (κ3) is 9.56. The van der Waals surface area contributed by atoms with Crippen molar-refractivity contribution in [1.29, 1.82) is 0 Å². The number of nitrogens with two attached hydrogens (primary N) is 1. The molecule has 28 heavy (non-hydrogen) atoms. The summed E-state index contributed by atoms with van der Waals surface area (Å²) in [5.74, 6) is -0.563. The van der Waals surface area contributed by atoms with Gasteiger partial charge in [0.15, 0.2) is 5.96 Å². The molecule has 0 atom stereocenters. The number of rotatable bonds is 8. The summed E-state index contributed by atoms with van der Waals surface area (Å²) < 4.78 is 0. The van der Waals surface area contributed by atoms with Crippen molar-refractivity contribution in [3.8, 4) is 0 Å². The summed E-state index contributed by atoms with van der Waals surface area (Å²) in [6.07, 6.45) is 0. The van der Waals surface area contributed by atoms with Crippen molar-refractivity contribution in [2.45, 2.75) is 39.8 Å². The second kappa shape index (κ2) is 10.9. The van der Waals surface area contributed by atoms with Crippen LogP contribution in [0.3, 0.4) is 0 Å². The average molecular weight is 390 g/mol. The van der Waals surface area contributed by atoms with Gasteiger partial charge in [-0.2, -0.15) is 0 Å². The standard InChI is InChI=1S/C19H30N6O3/c1-5-21-18(24-12-16(27)25-19(2,3)4)23-10-13-6-8-14(9-7-13)17(28)22-11-15(20)26/h6-9H,5,10-12H2,1-4H3,(H2,20,26)(H,22,28)(H,25,27)(H2,21,23,24). The van der Waals surface area contributed by atoms with Gasteiger partial charge in [0, 0.05) is 17.6 Å². The van der Waals surface area contributed by atoms with E-state index in [-0.39, 0.29) is 30.4 Å². The molecule has 0 aromatic heterocycles. The SMILES string of the molecule is CCNC(=NCc1ccc(C(=O)NCC(N)=O)cc1)NCC(=O)NC(C)(C)C. The maximum absolute atomic E-state index is 11.9. The van der Waals surface area contributed by atoms with E-state index in [1.165, 1.54) is 0 Å². The molecule has 154 valence electrons. The first-order chi connectivity index (χ1) is 13.1. The van der Waals surface area contributed by atoms with Crippen LogP contribution in [-0.4, -0.2) is 48.9 Å². The smallest absolute Gasteiger partial charge is 0.251 e. The lowest BCUT2D eigenvalue weighted by Gasteiger charge is -2.21. The Morgan fingerprint density at radius 3 is 2.18 bits per heavy atom. The van der Waals surface area contributed by atoms with Crippen LogP contribution in [0.2, 0.25) is 0 Å². The lowest BCUT2D eigenvalue weighted by molar-refractivity contribution is -0.121. The van der Waals surface area contributed by atoms with Crippen molar-refractivity contribution in [1.82, 2.24) is 21.3 Å². The zero-order valence-corrected chi connectivity index (χ0v) is 16.9. The number of hydrogen-bond donors (Lipinski definition) is 5. The first kappa shape index (κ1) is 22.9. The predicted octanol–water partition coefficient (Wildman–Crippen LogP) is -0.128. The van der Waals surface area contributed by atoms with E-state index < -0.39 is 5.91 Å². The van der Waals surface area contributed by atoms with Crippen LogP contribution in [0.25, 0.3) is 0 Å². The molecule has 0 fully saturated rings. The normalized spacial score (nSPS) is 11.5. The Balaban J connectivity index is 2.63. The lowest BCUT2D eigenvalue weighted by Crippen LogP contribution is -2.48. The van der Waals surface area contributed by atoms with Crippen LogP contribution < -0.4 is 27.0 Å². The molecule has 0 saturated heterocycles. The summed E-state index contributed by atoms with van der Waals surface area (Å²) in [6, 6.07) is 6.85. The molecule has 1 aromatic carbocycles. The first-order valence-corrected chi connectivity index (χ1v) is 9.09. The van der Waals surface area contributed by atoms with E-state index in [9.17, 15) is 14.4 Å². The Labute approximate surface area is 165 Å². The number of hydrogen-bond acceptors (Lipinski definition) is 4. The minimum absolute atomic E-state index is 0.113. The summed E-state index contributed by atoms with van der Waals surface area (Å²) in [4.78, 5) is 38.9. The molecular weight excluding hydrogens is 360 g/mol. The second-order valence-corrected chi connectivity index (χ2v) is 7.19. The molecule has 6 N–H and O–H groups in total. The zero-order chi connectivity index (χ0) is 21.2. The Morgan fingerprint density at radius 1 is 1.00 bits per heavy atom. The van der Waals surface area contributed by atoms with E-state index in [0.29, 0.717) is 24.6 Å². The molecule has 1 rings (SSSR count). The number of nitrogens with zero attached hydrogens (tertiary/aromatic N) is 1. The first-order valence-electron chi connectivity index (χ1n) is 9.09. The van der Waals surface area contributed by atoms with Gasteiger partial charge in [-0.1, -0.05) is 12.1 Å². The molecule has 0 saturated carbocycles. The summed E-state index contributed by atoms with van der Waals surface area (Å²) in [5.41, 5.74) is 6.03. The van der Waals surface area contributed by atoms with Crippen LogP contribution in [0.5, 0.6) is 0 Å². The fourth-order valence-electron chi connectivity index (χ4n) is 2.17. The van der Waals surface area contributed by atoms with Gasteiger partial charge < -0.3 is 27.0 Å². The highest BCUT2D eigenvalue weighted by Crippen LogP contribution is 2.06. The van der Waals surface area contributed by atoms with Crippen LogP contribution >= 0.6 is 0 Å². The van der Waals surface area contributed by atoms with Gasteiger partial charge in [-0.05, 0) is 45.4 Å². The van der Waals surface area contributed by atoms with Crippen LogP contribution in [-0.2, 0) is 16.1 Å². The Kier molecular flexibility index (Phi) is 8.94. The molecule has 1 aromatic rings. The van der Waals surface area contributed by atoms with E-state index >= 15 is 0 Å². The number of carbonyl (C=O) groups excluding carboxylic acids is 3. The van der Waals surface area contributed by atoms with Crippen molar-refractivity contribution >= 4 is 23.7 Å². The van der Waals surface area contributed by atoms with Crippen LogP contribution in [0.1, 0.15) is 43.6 Å². The summed E-state index contributed by atoms with van der Waals surface area (Å²) >= 11 is 0. The maximum Gasteiger partial charge on any atom is 0.251 e. The molecule has 0 aliphatic carbocycles. The molecule has 9 heteroatoms. The molecular formula is C19H30N6O3. The van der Waals surface area contributed by atoms with E-state index in [0.717, 1.165) is 5.56 Å². The van der Waals surface area contributed by atoms with Crippen molar-refractivity contribution in [2.24, 2.45) is 10.7 Å². The summed E-state index contributed by atoms with van der Waals surface area (Å²) in [6.45, 7) is 8.64. The number of nitrogens with one attached hydrogen (secondary N) is 4. The average Bonchev–Trinajstić information content (AvgIpc) is 2.61. The highest BCUT2D eigenvalue weighted by Gasteiger charge is 2.13. The van der Waals surface area contributed by atoms with Gasteiger partial charge >= 0.3 is 0 Å². The molecule has 0 spiro atoms. The van der Waals surface area contributed by atoms with Crippen LogP contribution in [0.4, 0.5) is 0 Å². The van der Waals surface area contributed by atoms with Gasteiger partial charge in [-0.15, -0.1) is 0 Å². The largest absolute Gasteiger partial charge is 0.368 e. The van der Waals surface area contributed by atoms with Gasteiger partial charge in [0.05, 0.1) is 19.6 Å². The van der Waals surface area contributed by atoms with Crippen molar-refractivity contribution < 1.29 is 14.4 Å². The number of benzene rings is 1. The lowest BCUT2D eigenvalue weighted by atomic mass is 10.1. The monoisotopic (exact) mass is 390 g/mol. The number of carbonyl (C=O) groups is 3. The van der Waals surface area contributed by atoms with E-state index in [1.807, 2.05) is 27.7 Å². The molecule has 0 radical (unpaired) electrons. The van der Waals surface area contributed by atoms with Gasteiger partial charge in [0.2, 0.25) is 11.8 Å². The zero-order valence-electron chi connectivity index (χ0n) is 16.9. The van der Waals surface area contributed by atoms with E-state index in [4.69, 9.17) is 5.73 Å². The molecule has 9 nitrogen and oxygen atoms in total. The summed E-state index contributed by atoms with van der Waals surface area (Å²) in [5, 5.41) is 11.4. The fourth-order valence-corrected chi connectivity index (χ4v) is 2.17. The minimum atomic E-state index is -0.598. The number of guanidine groups is 1. The third-order valence-corrected chi connectivity index (χ3v) is 3.33. The Bertz CT molecular complexity index is 707. The predicted molar refractivity (Wildman–Crippen MR) is 109 cm³/mol. The number of amides is 3. The molecule has 3 amide bonds. The van der Waals surface area contributed by atoms with Crippen LogP contribution in [0.15, 0.2) is 29.3 Å². The van der Waals surface area contributed by atoms with Crippen LogP contribution in [0, 0.1) is 0 Å². The van der Waals surface area contributed by atoms with Crippen molar-refractivity contribution in [2.75, 3.05) is 19.6 Å². The fraction of sp³-hybridized carbons (Fsp3) is 0.474. The Morgan fingerprint density at radius 2 is 1.64 bits per heavy atom.